The fourth-order valence-electron chi connectivity index (χ4n) is 2.41. The number of benzene rings is 2. The highest BCUT2D eigenvalue weighted by molar-refractivity contribution is 6.30. The lowest BCUT2D eigenvalue weighted by molar-refractivity contribution is -0.370. The van der Waals surface area contributed by atoms with Crippen molar-refractivity contribution in [3.8, 4) is 23.2 Å². The van der Waals surface area contributed by atoms with E-state index < -0.39 is 5.56 Å². The zero-order valence-electron chi connectivity index (χ0n) is 12.5. The smallest absolute Gasteiger partial charge is 0.460 e. The van der Waals surface area contributed by atoms with E-state index in [2.05, 4.69) is 4.98 Å². The molecular weight excluding hydrogens is 320 g/mol. The number of nitrogens with one attached hydrogen (secondary N) is 1. The summed E-state index contributed by atoms with van der Waals surface area (Å²) in [5.74, 6) is 0.879. The Labute approximate surface area is 136 Å². The molecule has 0 bridgehead atoms. The molecule has 0 saturated carbocycles. The topological polar surface area (TPSA) is 74.8 Å². The van der Waals surface area contributed by atoms with Crippen LogP contribution in [0.2, 0.25) is 5.02 Å². The Bertz CT molecular complexity index is 953. The third-order valence-corrected chi connectivity index (χ3v) is 3.72. The maximum atomic E-state index is 12.8. The largest absolute Gasteiger partial charge is 0.493 e. The fraction of sp³-hybridized carbons (Fsp3) is 0.125. The van der Waals surface area contributed by atoms with E-state index in [-0.39, 0.29) is 6.01 Å². The van der Waals surface area contributed by atoms with E-state index in [0.717, 1.165) is 4.57 Å². The molecule has 0 aliphatic rings. The van der Waals surface area contributed by atoms with Crippen molar-refractivity contribution in [1.82, 2.24) is 4.57 Å². The van der Waals surface area contributed by atoms with E-state index in [1.54, 1.807) is 36.4 Å². The Morgan fingerprint density at radius 2 is 1.83 bits per heavy atom. The first-order valence-electron chi connectivity index (χ1n) is 6.74. The van der Waals surface area contributed by atoms with Gasteiger partial charge < -0.3 is 14.6 Å². The number of ether oxygens (including phenoxy) is 2. The summed E-state index contributed by atoms with van der Waals surface area (Å²) in [4.78, 5) is 15.6. The van der Waals surface area contributed by atoms with E-state index >= 15 is 0 Å². The number of aromatic hydroxyl groups is 1. The molecule has 0 amide bonds. The highest BCUT2D eigenvalue weighted by Gasteiger charge is 2.21. The average molecular weight is 334 g/mol. The van der Waals surface area contributed by atoms with Crippen LogP contribution < -0.4 is 20.0 Å². The van der Waals surface area contributed by atoms with Gasteiger partial charge in [-0.2, -0.15) is 0 Å². The molecule has 1 heterocycles. The maximum absolute atomic E-state index is 12.8. The lowest BCUT2D eigenvalue weighted by Gasteiger charge is -2.08. The van der Waals surface area contributed by atoms with Gasteiger partial charge >= 0.3 is 11.6 Å². The predicted octanol–water partition coefficient (Wildman–Crippen LogP) is 2.18. The molecule has 2 N–H and O–H groups in total. The van der Waals surface area contributed by atoms with E-state index in [1.165, 1.54) is 14.2 Å². The van der Waals surface area contributed by atoms with Crippen molar-refractivity contribution < 1.29 is 19.6 Å². The number of fused-ring (bicyclic) bond motifs is 1. The van der Waals surface area contributed by atoms with Crippen LogP contribution in [0, 0.1) is 0 Å². The molecule has 7 heteroatoms. The Balaban J connectivity index is 2.35. The van der Waals surface area contributed by atoms with Crippen LogP contribution >= 0.6 is 11.6 Å². The van der Waals surface area contributed by atoms with Crippen molar-refractivity contribution >= 4 is 22.5 Å². The molecule has 0 saturated heterocycles. The van der Waals surface area contributed by atoms with Crippen LogP contribution in [0.5, 0.6) is 17.5 Å². The third-order valence-electron chi connectivity index (χ3n) is 3.48. The van der Waals surface area contributed by atoms with E-state index in [9.17, 15) is 9.90 Å². The molecular formula is C16H14ClN2O4+. The Kier molecular flexibility index (Phi) is 3.83. The molecule has 0 spiro atoms. The molecule has 1 aromatic heterocycles. The van der Waals surface area contributed by atoms with E-state index in [4.69, 9.17) is 21.1 Å². The molecule has 0 fully saturated rings. The van der Waals surface area contributed by atoms with E-state index in [0.29, 0.717) is 33.1 Å². The zero-order chi connectivity index (χ0) is 16.6. The second kappa shape index (κ2) is 5.81. The third kappa shape index (κ3) is 2.57. The summed E-state index contributed by atoms with van der Waals surface area (Å²) in [6.45, 7) is 0. The highest BCUT2D eigenvalue weighted by Crippen LogP contribution is 2.30. The summed E-state index contributed by atoms with van der Waals surface area (Å²) in [7, 11) is 2.99. The van der Waals surface area contributed by atoms with Gasteiger partial charge in [-0.05, 0) is 12.1 Å². The summed E-state index contributed by atoms with van der Waals surface area (Å²) in [6, 6.07) is 9.49. The van der Waals surface area contributed by atoms with Crippen molar-refractivity contribution in [2.45, 2.75) is 0 Å². The number of halogens is 1. The predicted molar refractivity (Wildman–Crippen MR) is 85.9 cm³/mol. The zero-order valence-corrected chi connectivity index (χ0v) is 13.2. The van der Waals surface area contributed by atoms with Gasteiger partial charge in [0.2, 0.25) is 0 Å². The van der Waals surface area contributed by atoms with Crippen molar-refractivity contribution in [2.24, 2.45) is 0 Å². The van der Waals surface area contributed by atoms with Crippen LogP contribution in [-0.4, -0.2) is 23.9 Å². The van der Waals surface area contributed by atoms with E-state index in [1.807, 2.05) is 0 Å². The second-order valence-electron chi connectivity index (χ2n) is 4.82. The molecule has 0 unspecified atom stereocenters. The molecule has 2 aromatic carbocycles. The van der Waals surface area contributed by atoms with Crippen LogP contribution in [0.1, 0.15) is 0 Å². The number of nitrogens with zero attached hydrogens (tertiary/aromatic N) is 1. The molecule has 3 rings (SSSR count). The maximum Gasteiger partial charge on any atom is 0.460 e. The Hall–Kier alpha value is -2.73. The molecule has 0 aliphatic carbocycles. The van der Waals surface area contributed by atoms with Gasteiger partial charge in [0, 0.05) is 23.2 Å². The number of hydrogen-bond donors (Lipinski definition) is 1. The van der Waals surface area contributed by atoms with Crippen LogP contribution in [0.3, 0.4) is 0 Å². The molecule has 0 radical (unpaired) electrons. The van der Waals surface area contributed by atoms with Crippen molar-refractivity contribution in [2.75, 3.05) is 14.2 Å². The first kappa shape index (κ1) is 15.2. The van der Waals surface area contributed by atoms with Crippen molar-refractivity contribution in [3.63, 3.8) is 0 Å². The minimum Gasteiger partial charge on any atom is -0.493 e. The highest BCUT2D eigenvalue weighted by atomic mass is 35.5. The van der Waals surface area contributed by atoms with Gasteiger partial charge in [0.1, 0.15) is 16.6 Å². The molecule has 0 atom stereocenters. The monoisotopic (exact) mass is 333 g/mol. The molecule has 23 heavy (non-hydrogen) atoms. The van der Waals surface area contributed by atoms with Gasteiger partial charge in [0.05, 0.1) is 14.2 Å². The molecule has 3 aromatic rings. The van der Waals surface area contributed by atoms with Crippen LogP contribution in [0.4, 0.5) is 0 Å². The SMILES string of the molecule is COc1cc2[nH+]c(O)n(-c3cccc(Cl)c3)c(=O)c2cc1OC. The van der Waals surface area contributed by atoms with Gasteiger partial charge in [-0.25, -0.2) is 9.78 Å². The fourth-order valence-corrected chi connectivity index (χ4v) is 2.59. The minimum atomic E-state index is -0.403. The summed E-state index contributed by atoms with van der Waals surface area (Å²) in [5.41, 5.74) is 0.482. The Morgan fingerprint density at radius 1 is 1.13 bits per heavy atom. The molecule has 118 valence electrons. The first-order valence-corrected chi connectivity index (χ1v) is 7.12. The summed E-state index contributed by atoms with van der Waals surface area (Å²) >= 11 is 5.96. The number of rotatable bonds is 3. The van der Waals surface area contributed by atoms with Crippen molar-refractivity contribution in [3.05, 3.63) is 51.8 Å². The van der Waals surface area contributed by atoms with Gasteiger partial charge in [-0.15, -0.1) is 4.57 Å². The summed E-state index contributed by atoms with van der Waals surface area (Å²) < 4.78 is 11.6. The number of aromatic nitrogens is 2. The number of hydrogen-bond acceptors (Lipinski definition) is 4. The summed E-state index contributed by atoms with van der Waals surface area (Å²) in [5, 5.41) is 11.0. The summed E-state index contributed by atoms with van der Waals surface area (Å²) in [6.07, 6.45) is 0. The molecule has 0 aliphatic heterocycles. The van der Waals surface area contributed by atoms with Crippen LogP contribution in [-0.2, 0) is 0 Å². The second-order valence-corrected chi connectivity index (χ2v) is 5.26. The first-order chi connectivity index (χ1) is 11.0. The lowest BCUT2D eigenvalue weighted by Crippen LogP contribution is -2.26. The van der Waals surface area contributed by atoms with Gasteiger partial charge in [-0.3, -0.25) is 0 Å². The van der Waals surface area contributed by atoms with Gasteiger partial charge in [-0.1, -0.05) is 17.7 Å². The average Bonchev–Trinajstić information content (AvgIpc) is 2.54. The Morgan fingerprint density at radius 3 is 2.48 bits per heavy atom. The lowest BCUT2D eigenvalue weighted by atomic mass is 10.2. The normalized spacial score (nSPS) is 10.7. The number of methoxy groups -OCH3 is 2. The number of H-pyrrole nitrogens is 1. The standard InChI is InChI=1S/C16H13ClN2O4/c1-22-13-7-11-12(8-14(13)23-2)18-16(21)19(15(11)20)10-5-3-4-9(17)6-10/h3-8H,1-2H3,(H,18,21)/p+1. The minimum absolute atomic E-state index is 0.308. The van der Waals surface area contributed by atoms with Gasteiger partial charge in [0.15, 0.2) is 11.5 Å². The van der Waals surface area contributed by atoms with Gasteiger partial charge in [0.25, 0.3) is 0 Å². The van der Waals surface area contributed by atoms with Crippen LogP contribution in [0.25, 0.3) is 16.6 Å². The van der Waals surface area contributed by atoms with Crippen LogP contribution in [0.15, 0.2) is 41.2 Å². The quantitative estimate of drug-likeness (QED) is 0.797. The molecule has 6 nitrogen and oxygen atoms in total. The van der Waals surface area contributed by atoms with Crippen molar-refractivity contribution in [1.29, 1.82) is 0 Å². The number of aromatic amines is 1.